The molecule has 3 N–H and O–H groups in total. The highest BCUT2D eigenvalue weighted by Gasteiger charge is 2.22. The average molecular weight is 317 g/mol. The highest BCUT2D eigenvalue weighted by molar-refractivity contribution is 7.89. The lowest BCUT2D eigenvalue weighted by molar-refractivity contribution is -0.135. The van der Waals surface area contributed by atoms with Crippen LogP contribution in [0.2, 0.25) is 0 Å². The van der Waals surface area contributed by atoms with Crippen molar-refractivity contribution in [2.45, 2.75) is 11.3 Å². The molecule has 1 saturated heterocycles. The van der Waals surface area contributed by atoms with Gasteiger partial charge in [-0.1, -0.05) is 0 Å². The quantitative estimate of drug-likeness (QED) is 0.684. The molecule has 2 rings (SSSR count). The number of aromatic nitrogens is 2. The van der Waals surface area contributed by atoms with Crippen LogP contribution in [0.25, 0.3) is 0 Å². The summed E-state index contributed by atoms with van der Waals surface area (Å²) in [6, 6.07) is 0. The summed E-state index contributed by atoms with van der Waals surface area (Å²) >= 11 is 0. The van der Waals surface area contributed by atoms with Gasteiger partial charge in [-0.2, -0.15) is 5.10 Å². The van der Waals surface area contributed by atoms with E-state index in [9.17, 15) is 13.2 Å². The number of nitrogens with one attached hydrogen (secondary N) is 1. The third-order valence-electron chi connectivity index (χ3n) is 3.11. The number of aryl methyl sites for hydroxylation is 1. The first-order valence-electron chi connectivity index (χ1n) is 6.54. The van der Waals surface area contributed by atoms with Gasteiger partial charge in [-0.15, -0.1) is 0 Å². The molecule has 0 saturated carbocycles. The number of hydrogen-bond donors (Lipinski definition) is 2. The predicted octanol–water partition coefficient (Wildman–Crippen LogP) is -1.47. The van der Waals surface area contributed by atoms with E-state index in [0.29, 0.717) is 26.3 Å². The van der Waals surface area contributed by atoms with Crippen molar-refractivity contribution in [1.29, 1.82) is 0 Å². The molecule has 21 heavy (non-hydrogen) atoms. The standard InChI is InChI=1S/C11H19N5O4S/c1-15-8-9(11(12)14-15)21(18,19)13-3-2-10(17)16-4-6-20-7-5-16/h8,13H,2-7H2,1H3,(H2,12,14). The average Bonchev–Trinajstić information content (AvgIpc) is 2.79. The van der Waals surface area contributed by atoms with Crippen LogP contribution in [0.15, 0.2) is 11.1 Å². The molecule has 0 atom stereocenters. The summed E-state index contributed by atoms with van der Waals surface area (Å²) in [4.78, 5) is 13.5. The number of ether oxygens (including phenoxy) is 1. The summed E-state index contributed by atoms with van der Waals surface area (Å²) in [5.41, 5.74) is 5.54. The van der Waals surface area contributed by atoms with Crippen molar-refractivity contribution < 1.29 is 17.9 Å². The van der Waals surface area contributed by atoms with Crippen molar-refractivity contribution in [3.05, 3.63) is 6.20 Å². The lowest BCUT2D eigenvalue weighted by atomic mass is 10.3. The van der Waals surface area contributed by atoms with Crippen LogP contribution < -0.4 is 10.5 Å². The Bertz CT molecular complexity index is 606. The van der Waals surface area contributed by atoms with Gasteiger partial charge in [0.1, 0.15) is 4.90 Å². The molecular formula is C11H19N5O4S. The maximum Gasteiger partial charge on any atom is 0.245 e. The molecule has 0 aromatic carbocycles. The molecule has 0 unspecified atom stereocenters. The van der Waals surface area contributed by atoms with E-state index in [1.165, 1.54) is 10.9 Å². The third-order valence-corrected chi connectivity index (χ3v) is 4.58. The Morgan fingerprint density at radius 3 is 2.71 bits per heavy atom. The number of morpholine rings is 1. The minimum atomic E-state index is -3.75. The molecule has 118 valence electrons. The largest absolute Gasteiger partial charge is 0.381 e. The number of rotatable bonds is 5. The molecule has 2 heterocycles. The van der Waals surface area contributed by atoms with Crippen molar-refractivity contribution in [2.75, 3.05) is 38.6 Å². The minimum Gasteiger partial charge on any atom is -0.381 e. The lowest BCUT2D eigenvalue weighted by Crippen LogP contribution is -2.42. The molecule has 1 fully saturated rings. The Morgan fingerprint density at radius 1 is 1.48 bits per heavy atom. The number of nitrogens with zero attached hydrogens (tertiary/aromatic N) is 3. The van der Waals surface area contributed by atoms with E-state index in [2.05, 4.69) is 9.82 Å². The molecule has 9 nitrogen and oxygen atoms in total. The maximum absolute atomic E-state index is 12.0. The van der Waals surface area contributed by atoms with Crippen LogP contribution in [0.5, 0.6) is 0 Å². The van der Waals surface area contributed by atoms with Crippen molar-refractivity contribution in [2.24, 2.45) is 7.05 Å². The van der Waals surface area contributed by atoms with Crippen LogP contribution in [0.3, 0.4) is 0 Å². The first-order valence-corrected chi connectivity index (χ1v) is 8.03. The molecule has 1 aliphatic rings. The first-order chi connectivity index (χ1) is 9.90. The fourth-order valence-electron chi connectivity index (χ4n) is 2.03. The first kappa shape index (κ1) is 15.7. The lowest BCUT2D eigenvalue weighted by Gasteiger charge is -2.26. The zero-order chi connectivity index (χ0) is 15.5. The molecule has 0 radical (unpaired) electrons. The molecule has 10 heteroatoms. The van der Waals surface area contributed by atoms with Crippen LogP contribution in [-0.2, 0) is 26.6 Å². The number of sulfonamides is 1. The Kier molecular flexibility index (Phi) is 4.80. The Balaban J connectivity index is 1.87. The highest BCUT2D eigenvalue weighted by Crippen LogP contribution is 2.14. The SMILES string of the molecule is Cn1cc(S(=O)(=O)NCCC(=O)N2CCOCC2)c(N)n1. The fourth-order valence-corrected chi connectivity index (χ4v) is 3.17. The van der Waals surface area contributed by atoms with Gasteiger partial charge >= 0.3 is 0 Å². The van der Waals surface area contributed by atoms with Crippen molar-refractivity contribution in [1.82, 2.24) is 19.4 Å². The van der Waals surface area contributed by atoms with Gasteiger partial charge in [-0.25, -0.2) is 13.1 Å². The van der Waals surface area contributed by atoms with Gasteiger partial charge in [0.2, 0.25) is 15.9 Å². The van der Waals surface area contributed by atoms with Crippen molar-refractivity contribution >= 4 is 21.7 Å². The summed E-state index contributed by atoms with van der Waals surface area (Å²) in [6.45, 7) is 2.14. The summed E-state index contributed by atoms with van der Waals surface area (Å²) in [7, 11) is -2.17. The van der Waals surface area contributed by atoms with E-state index in [1.807, 2.05) is 0 Å². The Morgan fingerprint density at radius 2 is 2.14 bits per heavy atom. The van der Waals surface area contributed by atoms with Gasteiger partial charge in [0.15, 0.2) is 5.82 Å². The molecular weight excluding hydrogens is 298 g/mol. The van der Waals surface area contributed by atoms with Crippen LogP contribution in [0.1, 0.15) is 6.42 Å². The van der Waals surface area contributed by atoms with Crippen LogP contribution in [-0.4, -0.2) is 61.9 Å². The minimum absolute atomic E-state index is 0.0207. The number of carbonyl (C=O) groups excluding carboxylic acids is 1. The van der Waals surface area contributed by atoms with Gasteiger partial charge in [0.05, 0.1) is 13.2 Å². The van der Waals surface area contributed by atoms with Gasteiger partial charge < -0.3 is 15.4 Å². The van der Waals surface area contributed by atoms with Gasteiger partial charge in [-0.05, 0) is 0 Å². The van der Waals surface area contributed by atoms with E-state index in [4.69, 9.17) is 10.5 Å². The molecule has 1 aromatic heterocycles. The second-order valence-corrected chi connectivity index (χ2v) is 6.43. The molecule has 0 spiro atoms. The summed E-state index contributed by atoms with van der Waals surface area (Å²) < 4.78 is 32.9. The Hall–Kier alpha value is -1.65. The van der Waals surface area contributed by atoms with Gasteiger partial charge in [-0.3, -0.25) is 9.48 Å². The second kappa shape index (κ2) is 6.41. The molecule has 1 aromatic rings. The molecule has 1 aliphatic heterocycles. The number of nitrogen functional groups attached to an aromatic ring is 1. The van der Waals surface area contributed by atoms with E-state index in [1.54, 1.807) is 11.9 Å². The van der Waals surface area contributed by atoms with E-state index >= 15 is 0 Å². The van der Waals surface area contributed by atoms with E-state index in [0.717, 1.165) is 0 Å². The topological polar surface area (TPSA) is 120 Å². The van der Waals surface area contributed by atoms with E-state index in [-0.39, 0.29) is 29.6 Å². The third kappa shape index (κ3) is 3.93. The monoisotopic (exact) mass is 317 g/mol. The van der Waals surface area contributed by atoms with Crippen LogP contribution in [0.4, 0.5) is 5.82 Å². The normalized spacial score (nSPS) is 16.1. The van der Waals surface area contributed by atoms with Gasteiger partial charge in [0, 0.05) is 39.3 Å². The number of hydrogen-bond acceptors (Lipinski definition) is 6. The summed E-state index contributed by atoms with van der Waals surface area (Å²) in [5.74, 6) is -0.162. The van der Waals surface area contributed by atoms with Crippen LogP contribution >= 0.6 is 0 Å². The van der Waals surface area contributed by atoms with Crippen LogP contribution in [0, 0.1) is 0 Å². The number of nitrogens with two attached hydrogens (primary N) is 1. The highest BCUT2D eigenvalue weighted by atomic mass is 32.2. The number of carbonyl (C=O) groups is 1. The number of anilines is 1. The fraction of sp³-hybridized carbons (Fsp3) is 0.636. The van der Waals surface area contributed by atoms with E-state index < -0.39 is 10.0 Å². The number of amides is 1. The van der Waals surface area contributed by atoms with Crippen molar-refractivity contribution in [3.63, 3.8) is 0 Å². The molecule has 1 amide bonds. The second-order valence-electron chi connectivity index (χ2n) is 4.69. The van der Waals surface area contributed by atoms with Gasteiger partial charge in [0.25, 0.3) is 0 Å². The molecule has 0 aliphatic carbocycles. The van der Waals surface area contributed by atoms with Crippen molar-refractivity contribution in [3.8, 4) is 0 Å². The Labute approximate surface area is 123 Å². The maximum atomic E-state index is 12.0. The summed E-state index contributed by atoms with van der Waals surface area (Å²) in [6.07, 6.45) is 1.42. The molecule has 0 bridgehead atoms. The summed E-state index contributed by atoms with van der Waals surface area (Å²) in [5, 5.41) is 3.78. The predicted molar refractivity (Wildman–Crippen MR) is 74.8 cm³/mol. The zero-order valence-electron chi connectivity index (χ0n) is 11.8. The zero-order valence-corrected chi connectivity index (χ0v) is 12.6. The smallest absolute Gasteiger partial charge is 0.245 e.